The SMILES string of the molecule is COC(=O)CSc1ccc(Cl)cc1C(=O)O. The molecule has 86 valence electrons. The van der Waals surface area contributed by atoms with Gasteiger partial charge in [-0.25, -0.2) is 4.79 Å². The number of benzene rings is 1. The molecule has 0 unspecified atom stereocenters. The van der Waals surface area contributed by atoms with Crippen LogP contribution >= 0.6 is 23.4 Å². The van der Waals surface area contributed by atoms with Crippen molar-refractivity contribution in [2.24, 2.45) is 0 Å². The smallest absolute Gasteiger partial charge is 0.336 e. The number of ether oxygens (including phenoxy) is 1. The fourth-order valence-corrected chi connectivity index (χ4v) is 2.02. The summed E-state index contributed by atoms with van der Waals surface area (Å²) >= 11 is 6.79. The monoisotopic (exact) mass is 260 g/mol. The van der Waals surface area contributed by atoms with E-state index in [2.05, 4.69) is 4.74 Å². The molecule has 0 fully saturated rings. The maximum Gasteiger partial charge on any atom is 0.336 e. The van der Waals surface area contributed by atoms with E-state index in [1.807, 2.05) is 0 Å². The van der Waals surface area contributed by atoms with E-state index in [0.29, 0.717) is 9.92 Å². The molecule has 1 aromatic carbocycles. The fourth-order valence-electron chi connectivity index (χ4n) is 0.991. The number of thioether (sulfide) groups is 1. The van der Waals surface area contributed by atoms with Crippen LogP contribution in [0.4, 0.5) is 0 Å². The molecule has 0 saturated carbocycles. The second kappa shape index (κ2) is 5.77. The van der Waals surface area contributed by atoms with E-state index in [9.17, 15) is 9.59 Å². The highest BCUT2D eigenvalue weighted by Crippen LogP contribution is 2.25. The first-order valence-corrected chi connectivity index (χ1v) is 5.63. The summed E-state index contributed by atoms with van der Waals surface area (Å²) in [6, 6.07) is 4.50. The quantitative estimate of drug-likeness (QED) is 0.665. The van der Waals surface area contributed by atoms with Crippen molar-refractivity contribution in [1.82, 2.24) is 0 Å². The molecule has 1 aromatic rings. The fraction of sp³-hybridized carbons (Fsp3) is 0.200. The summed E-state index contributed by atoms with van der Waals surface area (Å²) in [5.41, 5.74) is 0.0846. The summed E-state index contributed by atoms with van der Waals surface area (Å²) in [7, 11) is 1.28. The molecule has 0 bridgehead atoms. The van der Waals surface area contributed by atoms with Gasteiger partial charge in [-0.05, 0) is 18.2 Å². The molecule has 0 aliphatic heterocycles. The molecule has 0 aromatic heterocycles. The van der Waals surface area contributed by atoms with Gasteiger partial charge in [0.05, 0.1) is 18.4 Å². The molecule has 0 heterocycles. The van der Waals surface area contributed by atoms with E-state index in [-0.39, 0.29) is 11.3 Å². The Morgan fingerprint density at radius 3 is 2.75 bits per heavy atom. The molecule has 0 saturated heterocycles. The van der Waals surface area contributed by atoms with Crippen LogP contribution < -0.4 is 0 Å². The third kappa shape index (κ3) is 3.43. The first kappa shape index (κ1) is 12.9. The molecule has 0 amide bonds. The number of rotatable bonds is 4. The normalized spacial score (nSPS) is 9.88. The lowest BCUT2D eigenvalue weighted by Gasteiger charge is -2.05. The van der Waals surface area contributed by atoms with Crippen molar-refractivity contribution in [3.8, 4) is 0 Å². The zero-order valence-corrected chi connectivity index (χ0v) is 9.97. The molecule has 0 aliphatic rings. The Hall–Kier alpha value is -1.20. The van der Waals surface area contributed by atoms with Crippen molar-refractivity contribution in [3.63, 3.8) is 0 Å². The average molecular weight is 261 g/mol. The van der Waals surface area contributed by atoms with Gasteiger partial charge in [-0.15, -0.1) is 11.8 Å². The largest absolute Gasteiger partial charge is 0.478 e. The zero-order chi connectivity index (χ0) is 12.1. The summed E-state index contributed by atoms with van der Waals surface area (Å²) in [6.07, 6.45) is 0. The number of carbonyl (C=O) groups excluding carboxylic acids is 1. The lowest BCUT2D eigenvalue weighted by molar-refractivity contribution is -0.137. The maximum atomic E-state index is 10.9. The van der Waals surface area contributed by atoms with Crippen molar-refractivity contribution >= 4 is 35.3 Å². The van der Waals surface area contributed by atoms with Crippen LogP contribution in [0.15, 0.2) is 23.1 Å². The van der Waals surface area contributed by atoms with E-state index >= 15 is 0 Å². The van der Waals surface area contributed by atoms with Gasteiger partial charge in [-0.1, -0.05) is 11.6 Å². The standard InChI is InChI=1S/C10H9ClO4S/c1-15-9(12)5-16-8-3-2-6(11)4-7(8)10(13)14/h2-4H,5H2,1H3,(H,13,14). The van der Waals surface area contributed by atoms with Crippen LogP contribution in [0.3, 0.4) is 0 Å². The van der Waals surface area contributed by atoms with Gasteiger partial charge in [-0.2, -0.15) is 0 Å². The molecular weight excluding hydrogens is 252 g/mol. The summed E-state index contributed by atoms with van der Waals surface area (Å²) in [4.78, 5) is 22.3. The van der Waals surface area contributed by atoms with E-state index in [4.69, 9.17) is 16.7 Å². The minimum atomic E-state index is -1.07. The highest BCUT2D eigenvalue weighted by Gasteiger charge is 2.12. The highest BCUT2D eigenvalue weighted by molar-refractivity contribution is 8.00. The Balaban J connectivity index is 2.87. The number of carboxylic acids is 1. The van der Waals surface area contributed by atoms with Gasteiger partial charge in [0, 0.05) is 9.92 Å². The predicted octanol–water partition coefficient (Wildman–Crippen LogP) is 2.30. The van der Waals surface area contributed by atoms with Gasteiger partial charge in [0.2, 0.25) is 0 Å². The minimum Gasteiger partial charge on any atom is -0.478 e. The third-order valence-corrected chi connectivity index (χ3v) is 3.03. The minimum absolute atomic E-state index is 0.0679. The van der Waals surface area contributed by atoms with Crippen LogP contribution in [0.2, 0.25) is 5.02 Å². The topological polar surface area (TPSA) is 63.6 Å². The highest BCUT2D eigenvalue weighted by atomic mass is 35.5. The molecule has 0 atom stereocenters. The summed E-state index contributed by atoms with van der Waals surface area (Å²) in [5.74, 6) is -1.41. The lowest BCUT2D eigenvalue weighted by Crippen LogP contribution is -2.05. The first-order chi connectivity index (χ1) is 7.54. The number of halogens is 1. The van der Waals surface area contributed by atoms with E-state index in [1.165, 1.54) is 13.2 Å². The van der Waals surface area contributed by atoms with Crippen LogP contribution in [-0.4, -0.2) is 29.9 Å². The van der Waals surface area contributed by atoms with Gasteiger partial charge in [0.1, 0.15) is 0 Å². The molecule has 4 nitrogen and oxygen atoms in total. The van der Waals surface area contributed by atoms with Crippen molar-refractivity contribution in [3.05, 3.63) is 28.8 Å². The second-order valence-electron chi connectivity index (χ2n) is 2.81. The Bertz CT molecular complexity index is 419. The number of hydrogen-bond donors (Lipinski definition) is 1. The van der Waals surface area contributed by atoms with Gasteiger partial charge < -0.3 is 9.84 Å². The Kier molecular flexibility index (Phi) is 4.64. The molecule has 0 spiro atoms. The molecule has 1 N–H and O–H groups in total. The number of carboxylic acid groups (broad SMARTS) is 1. The van der Waals surface area contributed by atoms with Gasteiger partial charge in [0.15, 0.2) is 0 Å². The van der Waals surface area contributed by atoms with Gasteiger partial charge in [0.25, 0.3) is 0 Å². The lowest BCUT2D eigenvalue weighted by atomic mass is 10.2. The predicted molar refractivity (Wildman–Crippen MR) is 61.2 cm³/mol. The Labute approximate surface area is 102 Å². The van der Waals surface area contributed by atoms with Gasteiger partial charge in [-0.3, -0.25) is 4.79 Å². The number of esters is 1. The van der Waals surface area contributed by atoms with Crippen molar-refractivity contribution < 1.29 is 19.4 Å². The average Bonchev–Trinajstić information content (AvgIpc) is 2.26. The summed E-state index contributed by atoms with van der Waals surface area (Å²) < 4.78 is 4.46. The molecular formula is C10H9ClO4S. The van der Waals surface area contributed by atoms with Crippen LogP contribution in [0.25, 0.3) is 0 Å². The molecule has 16 heavy (non-hydrogen) atoms. The van der Waals surface area contributed by atoms with E-state index < -0.39 is 11.9 Å². The van der Waals surface area contributed by atoms with Crippen LogP contribution in [0, 0.1) is 0 Å². The van der Waals surface area contributed by atoms with E-state index in [0.717, 1.165) is 11.8 Å². The number of hydrogen-bond acceptors (Lipinski definition) is 4. The van der Waals surface area contributed by atoms with Crippen molar-refractivity contribution in [2.45, 2.75) is 4.90 Å². The van der Waals surface area contributed by atoms with Crippen molar-refractivity contribution in [1.29, 1.82) is 0 Å². The second-order valence-corrected chi connectivity index (χ2v) is 4.26. The van der Waals surface area contributed by atoms with Crippen LogP contribution in [0.5, 0.6) is 0 Å². The van der Waals surface area contributed by atoms with Crippen molar-refractivity contribution in [2.75, 3.05) is 12.9 Å². The Morgan fingerprint density at radius 1 is 1.50 bits per heavy atom. The molecule has 1 rings (SSSR count). The Morgan fingerprint density at radius 2 is 2.19 bits per heavy atom. The summed E-state index contributed by atoms with van der Waals surface area (Å²) in [5, 5.41) is 9.27. The van der Waals surface area contributed by atoms with Crippen LogP contribution in [0.1, 0.15) is 10.4 Å². The number of methoxy groups -OCH3 is 1. The summed E-state index contributed by atoms with van der Waals surface area (Å²) in [6.45, 7) is 0. The van der Waals surface area contributed by atoms with Crippen LogP contribution in [-0.2, 0) is 9.53 Å². The number of aromatic carboxylic acids is 1. The van der Waals surface area contributed by atoms with Gasteiger partial charge >= 0.3 is 11.9 Å². The molecule has 0 aliphatic carbocycles. The maximum absolute atomic E-state index is 10.9. The first-order valence-electron chi connectivity index (χ1n) is 4.27. The third-order valence-electron chi connectivity index (χ3n) is 1.75. The number of carbonyl (C=O) groups is 2. The molecule has 6 heteroatoms. The zero-order valence-electron chi connectivity index (χ0n) is 8.40. The molecule has 0 radical (unpaired) electrons. The van der Waals surface area contributed by atoms with E-state index in [1.54, 1.807) is 12.1 Å².